The van der Waals surface area contributed by atoms with Crippen LogP contribution in [0.4, 0.5) is 0 Å². The Bertz CT molecular complexity index is 246. The summed E-state index contributed by atoms with van der Waals surface area (Å²) in [6, 6.07) is 0. The van der Waals surface area contributed by atoms with Crippen molar-refractivity contribution in [3.63, 3.8) is 0 Å². The first kappa shape index (κ1) is 35.5. The number of ether oxygens (including phenoxy) is 2. The molecule has 0 unspecified atom stereocenters. The van der Waals surface area contributed by atoms with Crippen LogP contribution in [0.15, 0.2) is 0 Å². The fourth-order valence-electron chi connectivity index (χ4n) is 2.70. The first-order chi connectivity index (χ1) is 14.5. The summed E-state index contributed by atoms with van der Waals surface area (Å²) >= 11 is 2.41. The SMILES string of the molecule is CCCC.CCN1CCOCC1.CCN1CCOCC1.C[CH2][Al].C[CH2][Al]([CH2]C)[CH2]C. The van der Waals surface area contributed by atoms with Crippen molar-refractivity contribution in [2.24, 2.45) is 0 Å². The monoisotopic (exact) mass is 458 g/mol. The van der Waals surface area contributed by atoms with Gasteiger partial charge in [-0.05, 0) is 13.1 Å². The lowest BCUT2D eigenvalue weighted by molar-refractivity contribution is 0.0404. The summed E-state index contributed by atoms with van der Waals surface area (Å²) < 4.78 is 10.3. The van der Waals surface area contributed by atoms with E-state index in [4.69, 9.17) is 9.47 Å². The van der Waals surface area contributed by atoms with Gasteiger partial charge in [0.25, 0.3) is 14.1 Å². The Morgan fingerprint density at radius 3 is 0.967 bits per heavy atom. The molecule has 2 aliphatic heterocycles. The second-order valence-electron chi connectivity index (χ2n) is 7.59. The highest BCUT2D eigenvalue weighted by Gasteiger charge is 2.07. The summed E-state index contributed by atoms with van der Waals surface area (Å²) in [7, 11) is 0. The summed E-state index contributed by atoms with van der Waals surface area (Å²) in [6.45, 7) is 28.3. The number of hydrogen-bond donors (Lipinski definition) is 0. The molecule has 30 heavy (non-hydrogen) atoms. The smallest absolute Gasteiger partial charge is 0.261 e. The fraction of sp³-hybridized carbons (Fsp3) is 1.00. The van der Waals surface area contributed by atoms with E-state index < -0.39 is 0 Å². The Labute approximate surface area is 204 Å². The number of rotatable bonds is 6. The number of nitrogens with zero attached hydrogens (tertiary/aromatic N) is 2. The highest BCUT2D eigenvalue weighted by molar-refractivity contribution is 6.58. The van der Waals surface area contributed by atoms with Crippen molar-refractivity contribution >= 4 is 30.4 Å². The molecule has 2 rings (SSSR count). The fourth-order valence-corrected chi connectivity index (χ4v) is 4.43. The summed E-state index contributed by atoms with van der Waals surface area (Å²) in [5.41, 5.74) is 0. The first-order valence-corrected chi connectivity index (χ1v) is 16.1. The molecule has 4 nitrogen and oxygen atoms in total. The lowest BCUT2D eigenvalue weighted by atomic mass is 10.4. The lowest BCUT2D eigenvalue weighted by Gasteiger charge is -2.24. The molecule has 2 radical (unpaired) electrons. The molecule has 0 aromatic carbocycles. The van der Waals surface area contributed by atoms with Gasteiger partial charge in [-0.1, -0.05) is 84.1 Å². The van der Waals surface area contributed by atoms with Crippen LogP contribution in [0, 0.1) is 0 Å². The van der Waals surface area contributed by atoms with Gasteiger partial charge in [0, 0.05) is 26.2 Å². The standard InChI is InChI=1S/2C6H13NO.C4H10.4C2H5.2Al/c2*1-2-7-3-5-8-6-4-7;1-3-4-2;4*1-2;;/h2*2-6H2,1H3;3-4H2,1-2H3;4*1H2,2H3;;. The second kappa shape index (κ2) is 32.1. The Hall–Kier alpha value is 0.905. The van der Waals surface area contributed by atoms with E-state index in [0.717, 1.165) is 52.6 Å². The summed E-state index contributed by atoms with van der Waals surface area (Å²) in [5.74, 6) is 0. The van der Waals surface area contributed by atoms with Crippen molar-refractivity contribution in [1.29, 1.82) is 0 Å². The molecular formula is C24H56Al2N2O2. The number of morpholine rings is 2. The van der Waals surface area contributed by atoms with Crippen molar-refractivity contribution in [2.75, 3.05) is 65.7 Å². The van der Waals surface area contributed by atoms with Crippen molar-refractivity contribution in [1.82, 2.24) is 9.80 Å². The molecule has 6 heteroatoms. The maximum Gasteiger partial charge on any atom is 0.261 e. The predicted molar refractivity (Wildman–Crippen MR) is 140 cm³/mol. The third kappa shape index (κ3) is 28.9. The van der Waals surface area contributed by atoms with Gasteiger partial charge in [-0.2, -0.15) is 0 Å². The third-order valence-electron chi connectivity index (χ3n) is 5.33. The molecule has 0 amide bonds. The molecule has 0 spiro atoms. The summed E-state index contributed by atoms with van der Waals surface area (Å²) in [5, 5.41) is 5.65. The second-order valence-corrected chi connectivity index (χ2v) is 12.6. The lowest BCUT2D eigenvalue weighted by Crippen LogP contribution is -2.35. The van der Waals surface area contributed by atoms with Crippen LogP contribution < -0.4 is 0 Å². The van der Waals surface area contributed by atoms with Gasteiger partial charge in [-0.15, -0.1) is 5.28 Å². The highest BCUT2D eigenvalue weighted by atomic mass is 27.2. The number of hydrogen-bond acceptors (Lipinski definition) is 4. The van der Waals surface area contributed by atoms with E-state index in [1.807, 2.05) is 0 Å². The van der Waals surface area contributed by atoms with E-state index in [-0.39, 0.29) is 14.1 Å². The van der Waals surface area contributed by atoms with Gasteiger partial charge in [0.15, 0.2) is 0 Å². The zero-order valence-electron chi connectivity index (χ0n) is 22.2. The molecular weight excluding hydrogens is 402 g/mol. The Kier molecular flexibility index (Phi) is 38.0. The molecule has 0 aromatic heterocycles. The molecule has 0 aromatic rings. The first-order valence-electron chi connectivity index (χ1n) is 12.8. The van der Waals surface area contributed by atoms with Crippen LogP contribution in [-0.4, -0.2) is 106 Å². The van der Waals surface area contributed by atoms with Gasteiger partial charge >= 0.3 is 0 Å². The minimum absolute atomic E-state index is 0.171. The molecule has 0 aliphatic carbocycles. The topological polar surface area (TPSA) is 24.9 Å². The summed E-state index contributed by atoms with van der Waals surface area (Å²) in [6.07, 6.45) is 2.64. The van der Waals surface area contributed by atoms with Crippen molar-refractivity contribution in [3.05, 3.63) is 0 Å². The van der Waals surface area contributed by atoms with Gasteiger partial charge in [-0.25, -0.2) is 0 Å². The average Bonchev–Trinajstić information content (AvgIpc) is 2.83. The van der Waals surface area contributed by atoms with Gasteiger partial charge in [0.2, 0.25) is 0 Å². The van der Waals surface area contributed by atoms with E-state index in [1.54, 1.807) is 0 Å². The van der Waals surface area contributed by atoms with Gasteiger partial charge < -0.3 is 9.47 Å². The van der Waals surface area contributed by atoms with Crippen molar-refractivity contribution in [2.45, 2.75) is 89.4 Å². The predicted octanol–water partition coefficient (Wildman–Crippen LogP) is 5.62. The Morgan fingerprint density at radius 2 is 0.867 bits per heavy atom. The van der Waals surface area contributed by atoms with Crippen LogP contribution in [0.2, 0.25) is 21.1 Å². The van der Waals surface area contributed by atoms with Crippen molar-refractivity contribution < 1.29 is 9.47 Å². The van der Waals surface area contributed by atoms with Gasteiger partial charge in [0.1, 0.15) is 16.3 Å². The molecule has 2 heterocycles. The average molecular weight is 459 g/mol. The largest absolute Gasteiger partial charge is 0.379 e. The van der Waals surface area contributed by atoms with E-state index >= 15 is 0 Å². The number of likely N-dealkylation sites (N-methyl/N-ethyl adjacent to an activating group) is 2. The van der Waals surface area contributed by atoms with Crippen molar-refractivity contribution in [3.8, 4) is 0 Å². The minimum Gasteiger partial charge on any atom is -0.379 e. The quantitative estimate of drug-likeness (QED) is 0.483. The van der Waals surface area contributed by atoms with Crippen LogP contribution in [0.25, 0.3) is 0 Å². The zero-order valence-corrected chi connectivity index (χ0v) is 24.5. The zero-order chi connectivity index (χ0) is 23.5. The molecule has 180 valence electrons. The third-order valence-corrected chi connectivity index (χ3v) is 8.80. The molecule has 0 N–H and O–H groups in total. The van der Waals surface area contributed by atoms with Crippen LogP contribution in [0.5, 0.6) is 0 Å². The number of unbranched alkanes of at least 4 members (excludes halogenated alkanes) is 1. The highest BCUT2D eigenvalue weighted by Crippen LogP contribution is 2.01. The van der Waals surface area contributed by atoms with Crippen LogP contribution >= 0.6 is 0 Å². The van der Waals surface area contributed by atoms with Crippen LogP contribution in [0.1, 0.15) is 68.2 Å². The Balaban J connectivity index is -0.000000318. The summed E-state index contributed by atoms with van der Waals surface area (Å²) in [4.78, 5) is 4.78. The van der Waals surface area contributed by atoms with Crippen LogP contribution in [-0.2, 0) is 9.47 Å². The molecule has 2 saturated heterocycles. The maximum absolute atomic E-state index is 5.16. The van der Waals surface area contributed by atoms with E-state index in [0.29, 0.717) is 0 Å². The van der Waals surface area contributed by atoms with Gasteiger partial charge in [0.05, 0.1) is 26.4 Å². The van der Waals surface area contributed by atoms with E-state index in [9.17, 15) is 0 Å². The molecule has 0 atom stereocenters. The van der Waals surface area contributed by atoms with E-state index in [2.05, 4.69) is 81.5 Å². The van der Waals surface area contributed by atoms with Crippen LogP contribution in [0.3, 0.4) is 0 Å². The maximum atomic E-state index is 5.16. The molecule has 2 fully saturated rings. The molecule has 0 bridgehead atoms. The van der Waals surface area contributed by atoms with E-state index in [1.165, 1.54) is 47.1 Å². The Morgan fingerprint density at radius 1 is 0.600 bits per heavy atom. The van der Waals surface area contributed by atoms with Gasteiger partial charge in [-0.3, -0.25) is 9.80 Å². The molecule has 0 saturated carbocycles. The molecule has 2 aliphatic rings. The normalized spacial score (nSPS) is 16.3. The minimum atomic E-state index is -0.171.